The number of carbonyl (C=O) groups is 3. The molecule has 3 aromatic rings. The van der Waals surface area contributed by atoms with Crippen LogP contribution in [0, 0.1) is 0 Å². The van der Waals surface area contributed by atoms with Crippen molar-refractivity contribution in [1.82, 2.24) is 10.2 Å². The highest BCUT2D eigenvalue weighted by Crippen LogP contribution is 2.33. The zero-order valence-corrected chi connectivity index (χ0v) is 19.7. The van der Waals surface area contributed by atoms with Gasteiger partial charge in [-0.25, -0.2) is 4.90 Å². The fourth-order valence-corrected chi connectivity index (χ4v) is 4.34. The van der Waals surface area contributed by atoms with Crippen LogP contribution in [0.5, 0.6) is 5.75 Å². The van der Waals surface area contributed by atoms with Crippen LogP contribution >= 0.6 is 11.3 Å². The number of imide groups is 1. The number of para-hydroxylation sites is 2. The highest BCUT2D eigenvalue weighted by Gasteiger charge is 2.40. The first kappa shape index (κ1) is 23.1. The SMILES string of the molecule is C[C@@H](NC1=C(Nc2cccc(C(=O)N(C)C)c2O)C(=O)N(c2ccccc2)C1=O)c1cccs1. The van der Waals surface area contributed by atoms with E-state index in [-0.39, 0.29) is 40.3 Å². The summed E-state index contributed by atoms with van der Waals surface area (Å²) >= 11 is 1.53. The molecule has 0 saturated heterocycles. The van der Waals surface area contributed by atoms with Gasteiger partial charge in [0.15, 0.2) is 5.75 Å². The number of amides is 3. The Kier molecular flexibility index (Phi) is 6.38. The van der Waals surface area contributed by atoms with E-state index in [1.54, 1.807) is 50.5 Å². The van der Waals surface area contributed by atoms with Crippen molar-refractivity contribution < 1.29 is 19.5 Å². The highest BCUT2D eigenvalue weighted by atomic mass is 32.1. The van der Waals surface area contributed by atoms with Gasteiger partial charge in [0.2, 0.25) is 0 Å². The molecule has 4 rings (SSSR count). The van der Waals surface area contributed by atoms with Crippen LogP contribution in [0.4, 0.5) is 11.4 Å². The third-order valence-corrected chi connectivity index (χ3v) is 6.42. The Labute approximate surface area is 201 Å². The lowest BCUT2D eigenvalue weighted by molar-refractivity contribution is -0.120. The lowest BCUT2D eigenvalue weighted by Gasteiger charge is -2.17. The van der Waals surface area contributed by atoms with Crippen molar-refractivity contribution in [3.8, 4) is 5.75 Å². The number of carbonyl (C=O) groups excluding carboxylic acids is 3. The number of aromatic hydroxyl groups is 1. The Morgan fingerprint density at radius 2 is 1.68 bits per heavy atom. The first-order valence-electron chi connectivity index (χ1n) is 10.6. The summed E-state index contributed by atoms with van der Waals surface area (Å²) in [5.74, 6) is -1.78. The second-order valence-corrected chi connectivity index (χ2v) is 8.92. The molecule has 2 heterocycles. The van der Waals surface area contributed by atoms with Crippen molar-refractivity contribution in [3.63, 3.8) is 0 Å². The van der Waals surface area contributed by atoms with Crippen molar-refractivity contribution >= 4 is 40.4 Å². The fraction of sp³-hybridized carbons (Fsp3) is 0.160. The number of benzene rings is 2. The summed E-state index contributed by atoms with van der Waals surface area (Å²) < 4.78 is 0. The molecule has 0 spiro atoms. The number of rotatable bonds is 7. The van der Waals surface area contributed by atoms with Gasteiger partial charge in [-0.15, -0.1) is 11.3 Å². The number of nitrogens with zero attached hydrogens (tertiary/aromatic N) is 2. The maximum absolute atomic E-state index is 13.4. The Bertz CT molecular complexity index is 1270. The summed E-state index contributed by atoms with van der Waals surface area (Å²) in [6.07, 6.45) is 0. The van der Waals surface area contributed by atoms with Gasteiger partial charge in [0.25, 0.3) is 17.7 Å². The lowest BCUT2D eigenvalue weighted by atomic mass is 10.1. The number of phenols is 1. The zero-order valence-electron chi connectivity index (χ0n) is 18.9. The van der Waals surface area contributed by atoms with Crippen molar-refractivity contribution in [2.45, 2.75) is 13.0 Å². The van der Waals surface area contributed by atoms with Gasteiger partial charge in [0, 0.05) is 19.0 Å². The number of anilines is 2. The summed E-state index contributed by atoms with van der Waals surface area (Å²) in [7, 11) is 3.16. The van der Waals surface area contributed by atoms with E-state index >= 15 is 0 Å². The molecule has 0 unspecified atom stereocenters. The lowest BCUT2D eigenvalue weighted by Crippen LogP contribution is -2.34. The molecule has 0 aliphatic carbocycles. The number of phenolic OH excluding ortho intramolecular Hbond substituents is 1. The number of hydrogen-bond donors (Lipinski definition) is 3. The third-order valence-electron chi connectivity index (χ3n) is 5.36. The molecule has 1 aliphatic heterocycles. The van der Waals surface area contributed by atoms with Crippen molar-refractivity contribution in [1.29, 1.82) is 0 Å². The highest BCUT2D eigenvalue weighted by molar-refractivity contribution is 7.10. The predicted molar refractivity (Wildman–Crippen MR) is 132 cm³/mol. The molecule has 0 radical (unpaired) electrons. The van der Waals surface area contributed by atoms with Crippen molar-refractivity contribution in [2.24, 2.45) is 0 Å². The third kappa shape index (κ3) is 4.25. The minimum absolute atomic E-state index is 0.0120. The fourth-order valence-electron chi connectivity index (χ4n) is 3.61. The van der Waals surface area contributed by atoms with Gasteiger partial charge in [-0.05, 0) is 42.6 Å². The summed E-state index contributed by atoms with van der Waals surface area (Å²) in [4.78, 5) is 42.7. The Balaban J connectivity index is 1.75. The van der Waals surface area contributed by atoms with E-state index in [0.717, 1.165) is 9.78 Å². The maximum Gasteiger partial charge on any atom is 0.284 e. The minimum Gasteiger partial charge on any atom is -0.505 e. The minimum atomic E-state index is -0.569. The van der Waals surface area contributed by atoms with Gasteiger partial charge in [-0.2, -0.15) is 0 Å². The molecule has 0 bridgehead atoms. The molecule has 8 nitrogen and oxygen atoms in total. The maximum atomic E-state index is 13.4. The Morgan fingerprint density at radius 3 is 2.32 bits per heavy atom. The summed E-state index contributed by atoms with van der Waals surface area (Å²) in [6, 6.07) is 16.9. The monoisotopic (exact) mass is 476 g/mol. The van der Waals surface area contributed by atoms with Crippen molar-refractivity contribution in [2.75, 3.05) is 24.3 Å². The molecule has 174 valence electrons. The van der Waals surface area contributed by atoms with Gasteiger partial charge in [0.1, 0.15) is 11.4 Å². The molecular formula is C25H24N4O4S. The first-order valence-corrected chi connectivity index (χ1v) is 11.5. The summed E-state index contributed by atoms with van der Waals surface area (Å²) in [6.45, 7) is 1.90. The van der Waals surface area contributed by atoms with Gasteiger partial charge in [-0.3, -0.25) is 14.4 Å². The second kappa shape index (κ2) is 9.40. The molecule has 1 aliphatic rings. The molecule has 1 atom stereocenters. The number of thiophene rings is 1. The smallest absolute Gasteiger partial charge is 0.284 e. The second-order valence-electron chi connectivity index (χ2n) is 7.94. The molecule has 3 N–H and O–H groups in total. The molecule has 0 saturated carbocycles. The van der Waals surface area contributed by atoms with Crippen LogP contribution in [0.1, 0.15) is 28.2 Å². The normalized spacial score (nSPS) is 14.4. The number of hydrogen-bond acceptors (Lipinski definition) is 7. The van der Waals surface area contributed by atoms with Crippen LogP contribution in [0.2, 0.25) is 0 Å². The van der Waals surface area contributed by atoms with E-state index in [1.165, 1.54) is 28.4 Å². The topological polar surface area (TPSA) is 102 Å². The molecule has 34 heavy (non-hydrogen) atoms. The van der Waals surface area contributed by atoms with Gasteiger partial charge >= 0.3 is 0 Å². The van der Waals surface area contributed by atoms with Crippen LogP contribution in [0.15, 0.2) is 77.4 Å². The van der Waals surface area contributed by atoms with Crippen LogP contribution in [-0.2, 0) is 9.59 Å². The average Bonchev–Trinajstić information content (AvgIpc) is 3.44. The quantitative estimate of drug-likeness (QED) is 0.355. The molecule has 2 aromatic carbocycles. The largest absolute Gasteiger partial charge is 0.505 e. The molecule has 0 fully saturated rings. The summed E-state index contributed by atoms with van der Waals surface area (Å²) in [5, 5.41) is 18.8. The standard InChI is InChI=1S/C25H24N4O4S/c1-15(19-13-8-14-34-19)26-20-21(25(33)29(24(20)32)16-9-5-4-6-10-16)27-18-12-7-11-17(22(18)30)23(31)28(2)3/h4-15,26-27,30H,1-3H3/t15-/m1/s1. The van der Waals surface area contributed by atoms with Gasteiger partial charge < -0.3 is 20.6 Å². The first-order chi connectivity index (χ1) is 16.3. The van der Waals surface area contributed by atoms with E-state index in [2.05, 4.69) is 10.6 Å². The van der Waals surface area contributed by atoms with Crippen LogP contribution < -0.4 is 15.5 Å². The average molecular weight is 477 g/mol. The van der Waals surface area contributed by atoms with E-state index in [0.29, 0.717) is 5.69 Å². The Morgan fingerprint density at radius 1 is 0.971 bits per heavy atom. The zero-order chi connectivity index (χ0) is 24.4. The molecule has 9 heteroatoms. The van der Waals surface area contributed by atoms with E-state index in [9.17, 15) is 19.5 Å². The van der Waals surface area contributed by atoms with Gasteiger partial charge in [-0.1, -0.05) is 30.3 Å². The van der Waals surface area contributed by atoms with E-state index in [4.69, 9.17) is 0 Å². The molecule has 3 amide bonds. The van der Waals surface area contributed by atoms with Crippen LogP contribution in [0.3, 0.4) is 0 Å². The van der Waals surface area contributed by atoms with E-state index in [1.807, 2.05) is 24.4 Å². The molecular weight excluding hydrogens is 452 g/mol. The number of nitrogens with one attached hydrogen (secondary N) is 2. The Hall–Kier alpha value is -4.11. The van der Waals surface area contributed by atoms with E-state index < -0.39 is 11.8 Å². The predicted octanol–water partition coefficient (Wildman–Crippen LogP) is 3.70. The van der Waals surface area contributed by atoms with Crippen LogP contribution in [0.25, 0.3) is 0 Å². The summed E-state index contributed by atoms with van der Waals surface area (Å²) in [5.41, 5.74) is 0.717. The van der Waals surface area contributed by atoms with Gasteiger partial charge in [0.05, 0.1) is 23.0 Å². The van der Waals surface area contributed by atoms with Crippen LogP contribution in [-0.4, -0.2) is 41.8 Å². The molecule has 1 aromatic heterocycles. The van der Waals surface area contributed by atoms with Crippen molar-refractivity contribution in [3.05, 3.63) is 87.9 Å².